The predicted molar refractivity (Wildman–Crippen MR) is 80.7 cm³/mol. The predicted octanol–water partition coefficient (Wildman–Crippen LogP) is 4.26. The minimum Gasteiger partial charge on any atom is -0.310 e. The minimum atomic E-state index is -4.16. The van der Waals surface area contributed by atoms with Crippen molar-refractivity contribution in [3.05, 3.63) is 34.9 Å². The van der Waals surface area contributed by atoms with E-state index in [4.69, 9.17) is 11.6 Å². The van der Waals surface area contributed by atoms with Crippen LogP contribution in [0.15, 0.2) is 24.3 Å². The molecule has 0 heterocycles. The van der Waals surface area contributed by atoms with Gasteiger partial charge in [-0.05, 0) is 50.7 Å². The molecule has 0 saturated heterocycles. The van der Waals surface area contributed by atoms with Crippen LogP contribution in [-0.4, -0.2) is 37.8 Å². The molecule has 0 aliphatic heterocycles. The molecule has 1 unspecified atom stereocenters. The number of nitrogens with one attached hydrogen (secondary N) is 1. The second kappa shape index (κ2) is 8.61. The molecular formula is C15H22ClF3N2. The van der Waals surface area contributed by atoms with Crippen molar-refractivity contribution in [1.82, 2.24) is 10.2 Å². The Balaban J connectivity index is 2.62. The highest BCUT2D eigenvalue weighted by molar-refractivity contribution is 6.30. The smallest absolute Gasteiger partial charge is 0.310 e. The third-order valence-electron chi connectivity index (χ3n) is 3.14. The number of hydrogen-bond donors (Lipinski definition) is 1. The quantitative estimate of drug-likeness (QED) is 0.769. The third kappa shape index (κ3) is 7.69. The van der Waals surface area contributed by atoms with Crippen molar-refractivity contribution >= 4 is 11.6 Å². The van der Waals surface area contributed by atoms with E-state index in [-0.39, 0.29) is 6.04 Å². The van der Waals surface area contributed by atoms with Gasteiger partial charge in [0, 0.05) is 11.1 Å². The van der Waals surface area contributed by atoms with E-state index in [0.717, 1.165) is 18.5 Å². The molecule has 1 N–H and O–H groups in total. The lowest BCUT2D eigenvalue weighted by Gasteiger charge is -2.24. The molecule has 21 heavy (non-hydrogen) atoms. The van der Waals surface area contributed by atoms with Crippen molar-refractivity contribution in [3.8, 4) is 0 Å². The summed E-state index contributed by atoms with van der Waals surface area (Å²) < 4.78 is 37.0. The lowest BCUT2D eigenvalue weighted by atomic mass is 10.0. The highest BCUT2D eigenvalue weighted by atomic mass is 35.5. The van der Waals surface area contributed by atoms with Crippen LogP contribution in [0.4, 0.5) is 13.2 Å². The fourth-order valence-electron chi connectivity index (χ4n) is 2.16. The largest absolute Gasteiger partial charge is 0.401 e. The summed E-state index contributed by atoms with van der Waals surface area (Å²) in [4.78, 5) is 1.30. The summed E-state index contributed by atoms with van der Waals surface area (Å²) in [6.07, 6.45) is -2.58. The van der Waals surface area contributed by atoms with Crippen LogP contribution in [0.3, 0.4) is 0 Å². The van der Waals surface area contributed by atoms with E-state index in [1.165, 1.54) is 11.9 Å². The van der Waals surface area contributed by atoms with Crippen molar-refractivity contribution in [2.45, 2.75) is 32.0 Å². The molecule has 0 fully saturated rings. The summed E-state index contributed by atoms with van der Waals surface area (Å²) in [5.74, 6) is 0. The van der Waals surface area contributed by atoms with E-state index in [0.29, 0.717) is 18.0 Å². The van der Waals surface area contributed by atoms with Crippen LogP contribution >= 0.6 is 11.6 Å². The maximum Gasteiger partial charge on any atom is 0.401 e. The lowest BCUT2D eigenvalue weighted by molar-refractivity contribution is -0.143. The van der Waals surface area contributed by atoms with Crippen LogP contribution in [0.5, 0.6) is 0 Å². The Labute approximate surface area is 129 Å². The summed E-state index contributed by atoms with van der Waals surface area (Å²) >= 11 is 5.99. The fraction of sp³-hybridized carbons (Fsp3) is 0.600. The molecule has 0 amide bonds. The molecule has 6 heteroatoms. The van der Waals surface area contributed by atoms with Crippen LogP contribution in [0.1, 0.15) is 31.4 Å². The number of nitrogens with zero attached hydrogens (tertiary/aromatic N) is 1. The SMILES string of the molecule is CCCNC(CCN(C)CC(F)(F)F)c1cccc(Cl)c1. The zero-order chi connectivity index (χ0) is 15.9. The van der Waals surface area contributed by atoms with Crippen LogP contribution < -0.4 is 5.32 Å². The number of benzene rings is 1. The summed E-state index contributed by atoms with van der Waals surface area (Å²) in [6, 6.07) is 7.47. The van der Waals surface area contributed by atoms with Crippen molar-refractivity contribution in [2.24, 2.45) is 0 Å². The molecule has 0 aliphatic carbocycles. The number of rotatable bonds is 8. The van der Waals surface area contributed by atoms with Gasteiger partial charge in [0.25, 0.3) is 0 Å². The van der Waals surface area contributed by atoms with Crippen LogP contribution in [-0.2, 0) is 0 Å². The molecule has 0 saturated carbocycles. The monoisotopic (exact) mass is 322 g/mol. The van der Waals surface area contributed by atoms with E-state index in [9.17, 15) is 13.2 Å². The van der Waals surface area contributed by atoms with Crippen LogP contribution in [0.25, 0.3) is 0 Å². The third-order valence-corrected chi connectivity index (χ3v) is 3.38. The molecule has 0 aromatic heterocycles. The van der Waals surface area contributed by atoms with E-state index in [2.05, 4.69) is 12.2 Å². The maximum atomic E-state index is 12.3. The Morgan fingerprint density at radius 1 is 1.33 bits per heavy atom. The topological polar surface area (TPSA) is 15.3 Å². The fourth-order valence-corrected chi connectivity index (χ4v) is 2.36. The van der Waals surface area contributed by atoms with E-state index >= 15 is 0 Å². The first-order chi connectivity index (χ1) is 9.81. The molecular weight excluding hydrogens is 301 g/mol. The van der Waals surface area contributed by atoms with Gasteiger partial charge in [-0.3, -0.25) is 4.90 Å². The Kier molecular flexibility index (Phi) is 7.49. The Bertz CT molecular complexity index is 424. The summed E-state index contributed by atoms with van der Waals surface area (Å²) in [6.45, 7) is 2.36. The van der Waals surface area contributed by atoms with Gasteiger partial charge in [0.15, 0.2) is 0 Å². The summed E-state index contributed by atoms with van der Waals surface area (Å²) in [7, 11) is 1.49. The van der Waals surface area contributed by atoms with Gasteiger partial charge in [-0.15, -0.1) is 0 Å². The zero-order valence-electron chi connectivity index (χ0n) is 12.4. The van der Waals surface area contributed by atoms with Crippen molar-refractivity contribution in [3.63, 3.8) is 0 Å². The van der Waals surface area contributed by atoms with Gasteiger partial charge < -0.3 is 5.32 Å². The first-order valence-electron chi connectivity index (χ1n) is 7.06. The van der Waals surface area contributed by atoms with Gasteiger partial charge in [0.05, 0.1) is 6.54 Å². The summed E-state index contributed by atoms with van der Waals surface area (Å²) in [5, 5.41) is 4.00. The van der Waals surface area contributed by atoms with Crippen LogP contribution in [0.2, 0.25) is 5.02 Å². The molecule has 1 rings (SSSR count). The van der Waals surface area contributed by atoms with Gasteiger partial charge in [-0.25, -0.2) is 0 Å². The number of halogens is 4. The van der Waals surface area contributed by atoms with Crippen molar-refractivity contribution in [2.75, 3.05) is 26.7 Å². The molecule has 0 aliphatic rings. The average molecular weight is 323 g/mol. The standard InChI is InChI=1S/C15H22ClF3N2/c1-3-8-20-14(12-5-4-6-13(16)10-12)7-9-21(2)11-15(17,18)19/h4-6,10,14,20H,3,7-9,11H2,1-2H3. The molecule has 1 aromatic carbocycles. The van der Waals surface area contributed by atoms with Gasteiger partial charge in [-0.1, -0.05) is 30.7 Å². The molecule has 1 atom stereocenters. The van der Waals surface area contributed by atoms with E-state index in [1.54, 1.807) is 6.07 Å². The molecule has 1 aromatic rings. The Hall–Kier alpha value is -0.780. The molecule has 2 nitrogen and oxygen atoms in total. The molecule has 0 spiro atoms. The second-order valence-corrected chi connectivity index (χ2v) is 5.64. The average Bonchev–Trinajstić information content (AvgIpc) is 2.36. The van der Waals surface area contributed by atoms with Gasteiger partial charge >= 0.3 is 6.18 Å². The maximum absolute atomic E-state index is 12.3. The summed E-state index contributed by atoms with van der Waals surface area (Å²) in [5.41, 5.74) is 1.01. The first-order valence-corrected chi connectivity index (χ1v) is 7.43. The second-order valence-electron chi connectivity index (χ2n) is 5.20. The Morgan fingerprint density at radius 3 is 2.62 bits per heavy atom. The number of alkyl halides is 3. The van der Waals surface area contributed by atoms with Crippen molar-refractivity contribution < 1.29 is 13.2 Å². The zero-order valence-corrected chi connectivity index (χ0v) is 13.1. The molecule has 0 bridgehead atoms. The number of hydrogen-bond acceptors (Lipinski definition) is 2. The first kappa shape index (κ1) is 18.3. The normalized spacial score (nSPS) is 13.7. The minimum absolute atomic E-state index is 0.0133. The highest BCUT2D eigenvalue weighted by Gasteiger charge is 2.29. The Morgan fingerprint density at radius 2 is 2.05 bits per heavy atom. The molecule has 120 valence electrons. The van der Waals surface area contributed by atoms with Gasteiger partial charge in [0.1, 0.15) is 0 Å². The van der Waals surface area contributed by atoms with Crippen molar-refractivity contribution in [1.29, 1.82) is 0 Å². The van der Waals surface area contributed by atoms with E-state index in [1.807, 2.05) is 18.2 Å². The lowest BCUT2D eigenvalue weighted by Crippen LogP contribution is -2.34. The highest BCUT2D eigenvalue weighted by Crippen LogP contribution is 2.22. The van der Waals surface area contributed by atoms with Crippen LogP contribution in [0, 0.1) is 0 Å². The molecule has 0 radical (unpaired) electrons. The van der Waals surface area contributed by atoms with E-state index < -0.39 is 12.7 Å². The van der Waals surface area contributed by atoms with Gasteiger partial charge in [0.2, 0.25) is 0 Å². The van der Waals surface area contributed by atoms with Gasteiger partial charge in [-0.2, -0.15) is 13.2 Å².